The third kappa shape index (κ3) is 6.75. The fraction of sp³-hybridized carbons (Fsp3) is 0.265. The van der Waals surface area contributed by atoms with Crippen molar-refractivity contribution in [2.75, 3.05) is 20.8 Å². The molecule has 0 saturated carbocycles. The zero-order valence-corrected chi connectivity index (χ0v) is 25.5. The fourth-order valence-electron chi connectivity index (χ4n) is 4.90. The number of fused-ring (bicyclic) bond motifs is 1. The van der Waals surface area contributed by atoms with Crippen LogP contribution in [0.2, 0.25) is 0 Å². The van der Waals surface area contributed by atoms with Crippen molar-refractivity contribution >= 4 is 18.0 Å². The molecule has 1 aliphatic heterocycles. The standard InChI is InChI=1S/C34H34FN3O6/c1-34(2,3)44-33(40)36-32-37(4)11-12-38(32)19-22-16-28(23-7-9-25(35)10-8-23)31-29(17-22)30(39)24(20-43-31)13-21-14-26(41-5)18-27(15-21)42-6/h7-18H,19-20H2,1-6H3/b24-13+,36-32+. The molecule has 1 aromatic heterocycles. The van der Waals surface area contributed by atoms with Gasteiger partial charge in [0, 0.05) is 36.6 Å². The molecule has 44 heavy (non-hydrogen) atoms. The molecule has 3 aromatic carbocycles. The van der Waals surface area contributed by atoms with Crippen LogP contribution < -0.4 is 19.8 Å². The summed E-state index contributed by atoms with van der Waals surface area (Å²) in [5.74, 6) is 1.03. The molecule has 10 heteroatoms. The lowest BCUT2D eigenvalue weighted by atomic mass is 9.91. The van der Waals surface area contributed by atoms with Crippen molar-refractivity contribution < 1.29 is 32.9 Å². The minimum atomic E-state index is -0.710. The number of carbonyl (C=O) groups is 2. The summed E-state index contributed by atoms with van der Waals surface area (Å²) in [4.78, 5) is 30.7. The van der Waals surface area contributed by atoms with Gasteiger partial charge in [0.15, 0.2) is 5.78 Å². The molecule has 1 amide bonds. The van der Waals surface area contributed by atoms with Gasteiger partial charge in [-0.3, -0.25) is 4.79 Å². The lowest BCUT2D eigenvalue weighted by molar-refractivity contribution is 0.0593. The van der Waals surface area contributed by atoms with E-state index in [1.807, 2.05) is 6.07 Å². The van der Waals surface area contributed by atoms with Crippen LogP contribution >= 0.6 is 0 Å². The normalized spacial score (nSPS) is 14.3. The number of rotatable bonds is 6. The molecule has 0 fully saturated rings. The highest BCUT2D eigenvalue weighted by Gasteiger charge is 2.28. The first-order valence-corrected chi connectivity index (χ1v) is 14.0. The Morgan fingerprint density at radius 3 is 2.30 bits per heavy atom. The number of Topliss-reactive ketones (excluding diaryl/α,β-unsaturated/α-hetero) is 1. The van der Waals surface area contributed by atoms with Gasteiger partial charge in [-0.1, -0.05) is 12.1 Å². The summed E-state index contributed by atoms with van der Waals surface area (Å²) in [6, 6.07) is 15.1. The molecule has 9 nitrogen and oxygen atoms in total. The van der Waals surface area contributed by atoms with E-state index in [1.54, 1.807) is 106 Å². The maximum absolute atomic E-state index is 14.0. The van der Waals surface area contributed by atoms with Crippen molar-refractivity contribution in [3.05, 3.63) is 101 Å². The average molecular weight is 600 g/mol. The minimum Gasteiger partial charge on any atom is -0.497 e. The Bertz CT molecular complexity index is 1800. The van der Waals surface area contributed by atoms with Crippen LogP contribution in [0.15, 0.2) is 77.6 Å². The van der Waals surface area contributed by atoms with Gasteiger partial charge in [0.05, 0.1) is 26.3 Å². The topological polar surface area (TPSA) is 93.3 Å². The number of imidazole rings is 1. The molecule has 5 rings (SSSR count). The summed E-state index contributed by atoms with van der Waals surface area (Å²) >= 11 is 0. The molecule has 0 unspecified atom stereocenters. The number of hydrogen-bond acceptors (Lipinski definition) is 6. The lowest BCUT2D eigenvalue weighted by Gasteiger charge is -2.23. The van der Waals surface area contributed by atoms with E-state index in [0.717, 1.165) is 11.1 Å². The third-order valence-corrected chi connectivity index (χ3v) is 6.91. The van der Waals surface area contributed by atoms with Crippen molar-refractivity contribution in [2.24, 2.45) is 12.0 Å². The highest BCUT2D eigenvalue weighted by atomic mass is 19.1. The Hall–Kier alpha value is -5.12. The molecule has 0 aliphatic carbocycles. The minimum absolute atomic E-state index is 0.0469. The molecule has 2 heterocycles. The highest BCUT2D eigenvalue weighted by Crippen LogP contribution is 2.39. The van der Waals surface area contributed by atoms with Crippen LogP contribution in [0.3, 0.4) is 0 Å². The Morgan fingerprint density at radius 2 is 1.66 bits per heavy atom. The highest BCUT2D eigenvalue weighted by molar-refractivity contribution is 6.15. The first-order chi connectivity index (χ1) is 20.9. The number of methoxy groups -OCH3 is 2. The van der Waals surface area contributed by atoms with E-state index in [-0.39, 0.29) is 24.8 Å². The van der Waals surface area contributed by atoms with E-state index < -0.39 is 11.7 Å². The van der Waals surface area contributed by atoms with Crippen LogP contribution in [0.25, 0.3) is 17.2 Å². The Morgan fingerprint density at radius 1 is 1.00 bits per heavy atom. The van der Waals surface area contributed by atoms with Crippen LogP contribution in [-0.4, -0.2) is 47.4 Å². The van der Waals surface area contributed by atoms with Gasteiger partial charge in [-0.2, -0.15) is 0 Å². The van der Waals surface area contributed by atoms with Gasteiger partial charge < -0.3 is 28.1 Å². The number of amides is 1. The second-order valence-corrected chi connectivity index (χ2v) is 11.4. The first kappa shape index (κ1) is 30.3. The SMILES string of the molecule is COc1cc(/C=C2\COc3c(cc(Cn4ccn(C)/c4=N\C(=O)OC(C)(C)C)cc3-c3ccc(F)cc3)C2=O)cc(OC)c1. The molecule has 0 atom stereocenters. The molecule has 0 bridgehead atoms. The Kier molecular flexibility index (Phi) is 8.44. The van der Waals surface area contributed by atoms with Crippen LogP contribution in [0.5, 0.6) is 17.2 Å². The molecule has 0 radical (unpaired) electrons. The van der Waals surface area contributed by atoms with Gasteiger partial charge in [-0.15, -0.1) is 4.99 Å². The van der Waals surface area contributed by atoms with Crippen molar-refractivity contribution in [1.29, 1.82) is 0 Å². The largest absolute Gasteiger partial charge is 0.497 e. The molecule has 0 N–H and O–H groups in total. The summed E-state index contributed by atoms with van der Waals surface area (Å²) < 4.78 is 39.7. The monoisotopic (exact) mass is 599 g/mol. The number of nitrogens with zero attached hydrogens (tertiary/aromatic N) is 3. The van der Waals surface area contributed by atoms with Crippen LogP contribution in [0.1, 0.15) is 42.3 Å². The zero-order valence-electron chi connectivity index (χ0n) is 25.5. The molecule has 0 spiro atoms. The quantitative estimate of drug-likeness (QED) is 0.245. The summed E-state index contributed by atoms with van der Waals surface area (Å²) in [6.07, 6.45) is 4.61. The zero-order chi connectivity index (χ0) is 31.6. The summed E-state index contributed by atoms with van der Waals surface area (Å²) in [6.45, 7) is 5.65. The maximum atomic E-state index is 14.0. The van der Waals surface area contributed by atoms with E-state index in [2.05, 4.69) is 4.99 Å². The van der Waals surface area contributed by atoms with Gasteiger partial charge >= 0.3 is 6.09 Å². The second kappa shape index (κ2) is 12.2. The summed E-state index contributed by atoms with van der Waals surface area (Å²) in [5, 5.41) is 0. The predicted octanol–water partition coefficient (Wildman–Crippen LogP) is 6.19. The van der Waals surface area contributed by atoms with Crippen molar-refractivity contribution in [2.45, 2.75) is 32.9 Å². The molecule has 1 aliphatic rings. The number of ketones is 1. The Balaban J connectivity index is 1.59. The molecule has 228 valence electrons. The van der Waals surface area contributed by atoms with Gasteiger partial charge in [-0.25, -0.2) is 9.18 Å². The van der Waals surface area contributed by atoms with Crippen LogP contribution in [-0.2, 0) is 18.3 Å². The molecular weight excluding hydrogens is 565 g/mol. The smallest absolute Gasteiger partial charge is 0.437 e. The van der Waals surface area contributed by atoms with Crippen molar-refractivity contribution in [3.63, 3.8) is 0 Å². The third-order valence-electron chi connectivity index (χ3n) is 6.91. The first-order valence-electron chi connectivity index (χ1n) is 14.0. The average Bonchev–Trinajstić information content (AvgIpc) is 3.31. The number of ether oxygens (including phenoxy) is 4. The van der Waals surface area contributed by atoms with E-state index in [1.165, 1.54) is 12.1 Å². The molecule has 0 saturated heterocycles. The van der Waals surface area contributed by atoms with Crippen LogP contribution in [0.4, 0.5) is 9.18 Å². The predicted molar refractivity (Wildman–Crippen MR) is 163 cm³/mol. The van der Waals surface area contributed by atoms with Gasteiger partial charge in [-0.05, 0) is 79.9 Å². The fourth-order valence-corrected chi connectivity index (χ4v) is 4.90. The molecular formula is C34H34FN3O6. The summed E-state index contributed by atoms with van der Waals surface area (Å²) in [7, 11) is 4.90. The van der Waals surface area contributed by atoms with E-state index in [0.29, 0.717) is 45.1 Å². The van der Waals surface area contributed by atoms with Crippen LogP contribution in [0, 0.1) is 5.82 Å². The summed E-state index contributed by atoms with van der Waals surface area (Å²) in [5.41, 5.74) is 3.31. The van der Waals surface area contributed by atoms with Crippen molar-refractivity contribution in [3.8, 4) is 28.4 Å². The number of halogens is 1. The van der Waals surface area contributed by atoms with Crippen molar-refractivity contribution in [1.82, 2.24) is 9.13 Å². The lowest BCUT2D eigenvalue weighted by Crippen LogP contribution is -2.29. The van der Waals surface area contributed by atoms with Gasteiger partial charge in [0.25, 0.3) is 0 Å². The number of hydrogen-bond donors (Lipinski definition) is 0. The number of carbonyl (C=O) groups excluding carboxylic acids is 2. The number of aromatic nitrogens is 2. The number of aryl methyl sites for hydroxylation is 1. The van der Waals surface area contributed by atoms with E-state index >= 15 is 0 Å². The van der Waals surface area contributed by atoms with E-state index in [4.69, 9.17) is 18.9 Å². The molecule has 4 aromatic rings. The second-order valence-electron chi connectivity index (χ2n) is 11.4. The Labute approximate surface area is 254 Å². The van der Waals surface area contributed by atoms with E-state index in [9.17, 15) is 14.0 Å². The van der Waals surface area contributed by atoms with Gasteiger partial charge in [0.1, 0.15) is 35.3 Å². The maximum Gasteiger partial charge on any atom is 0.437 e. The number of benzene rings is 3. The van der Waals surface area contributed by atoms with Gasteiger partial charge in [0.2, 0.25) is 5.62 Å².